The summed E-state index contributed by atoms with van der Waals surface area (Å²) in [6.07, 6.45) is 0.635. The number of halogens is 3. The summed E-state index contributed by atoms with van der Waals surface area (Å²) < 4.78 is 54.8. The number of anilines is 1. The molecule has 0 saturated carbocycles. The summed E-state index contributed by atoms with van der Waals surface area (Å²) in [6, 6.07) is 0.268. The van der Waals surface area contributed by atoms with Crippen molar-refractivity contribution in [3.63, 3.8) is 0 Å². The third-order valence-corrected chi connectivity index (χ3v) is 5.34. The molecule has 0 radical (unpaired) electrons. The van der Waals surface area contributed by atoms with Gasteiger partial charge in [0.1, 0.15) is 16.5 Å². The van der Waals surface area contributed by atoms with E-state index in [2.05, 4.69) is 10.0 Å². The largest absolute Gasteiger partial charge is 0.322 e. The van der Waals surface area contributed by atoms with Crippen LogP contribution in [0.5, 0.6) is 0 Å². The maximum absolute atomic E-state index is 14.0. The van der Waals surface area contributed by atoms with Gasteiger partial charge in [0.05, 0.1) is 11.7 Å². The molecular formula is C16H26ClF2N3O3S. The Morgan fingerprint density at radius 3 is 2.23 bits per heavy atom. The van der Waals surface area contributed by atoms with Crippen LogP contribution >= 0.6 is 12.4 Å². The van der Waals surface area contributed by atoms with E-state index in [0.29, 0.717) is 12.5 Å². The normalized spacial score (nSPS) is 14.3. The second-order valence-electron chi connectivity index (χ2n) is 7.02. The van der Waals surface area contributed by atoms with Crippen molar-refractivity contribution in [2.75, 3.05) is 5.32 Å². The van der Waals surface area contributed by atoms with Crippen LogP contribution in [0.4, 0.5) is 14.5 Å². The molecule has 2 atom stereocenters. The van der Waals surface area contributed by atoms with E-state index < -0.39 is 49.7 Å². The third kappa shape index (κ3) is 6.46. The molecule has 4 N–H and O–H groups in total. The summed E-state index contributed by atoms with van der Waals surface area (Å²) in [4.78, 5) is 11.3. The molecule has 0 heterocycles. The first kappa shape index (κ1) is 24.7. The van der Waals surface area contributed by atoms with Crippen molar-refractivity contribution >= 4 is 34.0 Å². The van der Waals surface area contributed by atoms with E-state index in [4.69, 9.17) is 5.73 Å². The van der Waals surface area contributed by atoms with Gasteiger partial charge in [-0.1, -0.05) is 20.3 Å². The number of amides is 1. The van der Waals surface area contributed by atoms with Crippen LogP contribution in [0.3, 0.4) is 0 Å². The van der Waals surface area contributed by atoms with Crippen molar-refractivity contribution in [2.45, 2.75) is 57.5 Å². The Bertz CT molecular complexity index is 752. The highest BCUT2D eigenvalue weighted by Gasteiger charge is 2.28. The Kier molecular flexibility index (Phi) is 8.62. The number of nitrogens with one attached hydrogen (secondary N) is 2. The number of nitrogens with two attached hydrogens (primary N) is 1. The van der Waals surface area contributed by atoms with E-state index in [-0.39, 0.29) is 18.3 Å². The lowest BCUT2D eigenvalue weighted by Gasteiger charge is -2.21. The average Bonchev–Trinajstić information content (AvgIpc) is 2.45. The lowest BCUT2D eigenvalue weighted by molar-refractivity contribution is -0.118. The first-order chi connectivity index (χ1) is 11.3. The lowest BCUT2D eigenvalue weighted by atomic mass is 9.99. The SMILES string of the molecule is CCC(C)C(N)C(=O)Nc1cc(S(=O)(=O)NC(C)(C)C)c(F)cc1F.Cl. The summed E-state index contributed by atoms with van der Waals surface area (Å²) in [5, 5.41) is 2.23. The van der Waals surface area contributed by atoms with E-state index in [1.165, 1.54) is 0 Å². The van der Waals surface area contributed by atoms with Gasteiger partial charge in [0, 0.05) is 11.6 Å². The highest BCUT2D eigenvalue weighted by molar-refractivity contribution is 7.89. The van der Waals surface area contributed by atoms with E-state index >= 15 is 0 Å². The molecule has 26 heavy (non-hydrogen) atoms. The van der Waals surface area contributed by atoms with Crippen LogP contribution in [0.2, 0.25) is 0 Å². The molecule has 2 unspecified atom stereocenters. The van der Waals surface area contributed by atoms with Gasteiger partial charge in [0.15, 0.2) is 0 Å². The second-order valence-corrected chi connectivity index (χ2v) is 8.67. The predicted molar refractivity (Wildman–Crippen MR) is 99.7 cm³/mol. The number of carbonyl (C=O) groups is 1. The minimum atomic E-state index is -4.24. The zero-order valence-corrected chi connectivity index (χ0v) is 17.0. The summed E-state index contributed by atoms with van der Waals surface area (Å²) in [6.45, 7) is 8.35. The molecule has 1 aromatic carbocycles. The number of benzene rings is 1. The number of rotatable bonds is 6. The van der Waals surface area contributed by atoms with Crippen molar-refractivity contribution in [3.8, 4) is 0 Å². The zero-order chi connectivity index (χ0) is 19.6. The fourth-order valence-electron chi connectivity index (χ4n) is 2.02. The molecule has 1 amide bonds. The molecule has 10 heteroatoms. The van der Waals surface area contributed by atoms with E-state index in [0.717, 1.165) is 6.07 Å². The summed E-state index contributed by atoms with van der Waals surface area (Å²) >= 11 is 0. The molecule has 1 aromatic rings. The van der Waals surface area contributed by atoms with Gasteiger partial charge in [-0.3, -0.25) is 4.79 Å². The molecule has 0 fully saturated rings. The average molecular weight is 414 g/mol. The maximum atomic E-state index is 14.0. The van der Waals surface area contributed by atoms with Crippen LogP contribution in [0.25, 0.3) is 0 Å². The Hall–Kier alpha value is -1.29. The Morgan fingerprint density at radius 1 is 1.23 bits per heavy atom. The lowest BCUT2D eigenvalue weighted by Crippen LogP contribution is -2.41. The highest BCUT2D eigenvalue weighted by atomic mass is 35.5. The van der Waals surface area contributed by atoms with Crippen molar-refractivity contribution < 1.29 is 22.0 Å². The van der Waals surface area contributed by atoms with Gasteiger partial charge in [-0.05, 0) is 32.8 Å². The fraction of sp³-hybridized carbons (Fsp3) is 0.562. The predicted octanol–water partition coefficient (Wildman–Crippen LogP) is 2.78. The highest BCUT2D eigenvalue weighted by Crippen LogP contribution is 2.24. The van der Waals surface area contributed by atoms with Gasteiger partial charge >= 0.3 is 0 Å². The molecule has 0 aliphatic heterocycles. The van der Waals surface area contributed by atoms with Crippen LogP contribution in [-0.4, -0.2) is 25.9 Å². The molecular weight excluding hydrogens is 388 g/mol. The van der Waals surface area contributed by atoms with Crippen molar-refractivity contribution in [3.05, 3.63) is 23.8 Å². The second kappa shape index (κ2) is 9.07. The summed E-state index contributed by atoms with van der Waals surface area (Å²) in [7, 11) is -4.24. The molecule has 0 aliphatic rings. The van der Waals surface area contributed by atoms with Gasteiger partial charge < -0.3 is 11.1 Å². The van der Waals surface area contributed by atoms with Crippen LogP contribution in [0.1, 0.15) is 41.0 Å². The smallest absolute Gasteiger partial charge is 0.244 e. The van der Waals surface area contributed by atoms with Gasteiger partial charge in [-0.15, -0.1) is 12.4 Å². The Labute approximate surface area is 159 Å². The quantitative estimate of drug-likeness (QED) is 0.667. The zero-order valence-electron chi connectivity index (χ0n) is 15.4. The molecule has 150 valence electrons. The van der Waals surface area contributed by atoms with Crippen LogP contribution in [-0.2, 0) is 14.8 Å². The topological polar surface area (TPSA) is 101 Å². The summed E-state index contributed by atoms with van der Waals surface area (Å²) in [5.74, 6) is -3.17. The monoisotopic (exact) mass is 413 g/mol. The van der Waals surface area contributed by atoms with E-state index in [9.17, 15) is 22.0 Å². The Morgan fingerprint density at radius 2 is 1.77 bits per heavy atom. The maximum Gasteiger partial charge on any atom is 0.244 e. The third-order valence-electron chi connectivity index (χ3n) is 3.57. The Balaban J connectivity index is 0.00000625. The van der Waals surface area contributed by atoms with Crippen LogP contribution in [0.15, 0.2) is 17.0 Å². The number of hydrogen-bond acceptors (Lipinski definition) is 4. The fourth-order valence-corrected chi connectivity index (χ4v) is 3.52. The molecule has 0 aliphatic carbocycles. The van der Waals surface area contributed by atoms with Crippen molar-refractivity contribution in [1.82, 2.24) is 4.72 Å². The number of sulfonamides is 1. The number of carbonyl (C=O) groups excluding carboxylic acids is 1. The number of hydrogen-bond donors (Lipinski definition) is 3. The summed E-state index contributed by atoms with van der Waals surface area (Å²) in [5.41, 5.74) is 4.46. The van der Waals surface area contributed by atoms with Gasteiger partial charge in [-0.25, -0.2) is 21.9 Å². The van der Waals surface area contributed by atoms with Gasteiger partial charge in [-0.2, -0.15) is 0 Å². The molecule has 1 rings (SSSR count). The first-order valence-corrected chi connectivity index (χ1v) is 9.36. The van der Waals surface area contributed by atoms with Crippen molar-refractivity contribution in [2.24, 2.45) is 11.7 Å². The molecule has 6 nitrogen and oxygen atoms in total. The molecule has 0 saturated heterocycles. The van der Waals surface area contributed by atoms with Crippen molar-refractivity contribution in [1.29, 1.82) is 0 Å². The van der Waals surface area contributed by atoms with E-state index in [1.54, 1.807) is 27.7 Å². The molecule has 0 aromatic heterocycles. The van der Waals surface area contributed by atoms with Crippen LogP contribution < -0.4 is 15.8 Å². The van der Waals surface area contributed by atoms with Crippen LogP contribution in [0, 0.1) is 17.6 Å². The first-order valence-electron chi connectivity index (χ1n) is 7.88. The molecule has 0 bridgehead atoms. The van der Waals surface area contributed by atoms with Gasteiger partial charge in [0.2, 0.25) is 15.9 Å². The standard InChI is InChI=1S/C16H25F2N3O3S.ClH/c1-6-9(2)14(19)15(22)20-12-8-13(11(18)7-10(12)17)25(23,24)21-16(3,4)5;/h7-9,14,21H,6,19H2,1-5H3,(H,20,22);1H. The minimum absolute atomic E-state index is 0. The van der Waals surface area contributed by atoms with Gasteiger partial charge in [0.25, 0.3) is 0 Å². The minimum Gasteiger partial charge on any atom is -0.322 e. The molecule has 0 spiro atoms. The van der Waals surface area contributed by atoms with E-state index in [1.807, 2.05) is 6.92 Å².